The third kappa shape index (κ3) is 1.57. The van der Waals surface area contributed by atoms with E-state index in [9.17, 15) is 0 Å². The molecular formula is C13H9ClN2. The van der Waals surface area contributed by atoms with Gasteiger partial charge in [-0.15, -0.1) is 0 Å². The summed E-state index contributed by atoms with van der Waals surface area (Å²) >= 11 is 5.95. The van der Waals surface area contributed by atoms with E-state index in [0.29, 0.717) is 0 Å². The molecule has 0 fully saturated rings. The van der Waals surface area contributed by atoms with E-state index >= 15 is 0 Å². The first-order chi connectivity index (χ1) is 7.83. The Morgan fingerprint density at radius 3 is 2.62 bits per heavy atom. The van der Waals surface area contributed by atoms with Crippen LogP contribution in [0, 0.1) is 0 Å². The van der Waals surface area contributed by atoms with Gasteiger partial charge in [-0.05, 0) is 36.4 Å². The summed E-state index contributed by atoms with van der Waals surface area (Å²) in [4.78, 5) is 7.36. The summed E-state index contributed by atoms with van der Waals surface area (Å²) in [6.07, 6.45) is 3.57. The number of aromatic nitrogens is 2. The van der Waals surface area contributed by atoms with Gasteiger partial charge in [0.05, 0.1) is 0 Å². The molecule has 0 saturated heterocycles. The predicted molar refractivity (Wildman–Crippen MR) is 66.5 cm³/mol. The molecule has 3 heteroatoms. The van der Waals surface area contributed by atoms with Gasteiger partial charge in [-0.1, -0.05) is 11.6 Å². The molecule has 1 N–H and O–H groups in total. The van der Waals surface area contributed by atoms with Crippen LogP contribution in [0.25, 0.3) is 22.2 Å². The fraction of sp³-hybridized carbons (Fsp3) is 0. The molecule has 0 aliphatic carbocycles. The number of hydrogen-bond donors (Lipinski definition) is 1. The summed E-state index contributed by atoms with van der Waals surface area (Å²) in [5.41, 5.74) is 3.30. The van der Waals surface area contributed by atoms with Crippen LogP contribution in [0.4, 0.5) is 0 Å². The zero-order valence-electron chi connectivity index (χ0n) is 8.44. The second-order valence-corrected chi connectivity index (χ2v) is 4.09. The molecule has 2 aromatic heterocycles. The summed E-state index contributed by atoms with van der Waals surface area (Å²) in [7, 11) is 0. The summed E-state index contributed by atoms with van der Waals surface area (Å²) in [5.74, 6) is 0. The lowest BCUT2D eigenvalue weighted by molar-refractivity contribution is 1.32. The fourth-order valence-electron chi connectivity index (χ4n) is 1.79. The Morgan fingerprint density at radius 2 is 1.81 bits per heavy atom. The number of nitrogens with zero attached hydrogens (tertiary/aromatic N) is 1. The van der Waals surface area contributed by atoms with Crippen molar-refractivity contribution in [3.05, 3.63) is 53.8 Å². The lowest BCUT2D eigenvalue weighted by atomic mass is 10.2. The molecule has 2 nitrogen and oxygen atoms in total. The Bertz CT molecular complexity index is 629. The molecule has 0 aliphatic rings. The maximum absolute atomic E-state index is 5.95. The zero-order valence-corrected chi connectivity index (χ0v) is 9.20. The largest absolute Gasteiger partial charge is 0.355 e. The molecule has 2 heterocycles. The first kappa shape index (κ1) is 9.43. The number of rotatable bonds is 1. The van der Waals surface area contributed by atoms with Crippen molar-refractivity contribution in [3.63, 3.8) is 0 Å². The van der Waals surface area contributed by atoms with E-state index < -0.39 is 0 Å². The molecule has 0 atom stereocenters. The van der Waals surface area contributed by atoms with Crippen LogP contribution < -0.4 is 0 Å². The lowest BCUT2D eigenvalue weighted by Gasteiger charge is -1.94. The topological polar surface area (TPSA) is 28.7 Å². The van der Waals surface area contributed by atoms with E-state index in [-0.39, 0.29) is 0 Å². The highest BCUT2D eigenvalue weighted by atomic mass is 35.5. The number of nitrogens with one attached hydrogen (secondary N) is 1. The number of pyridine rings is 1. The standard InChI is InChI=1S/C13H9ClN2/c14-11-1-2-12-10(7-11)8-13(16-12)9-3-5-15-6-4-9/h1-8,16H. The molecule has 16 heavy (non-hydrogen) atoms. The van der Waals surface area contributed by atoms with E-state index in [4.69, 9.17) is 11.6 Å². The molecule has 0 unspecified atom stereocenters. The van der Waals surface area contributed by atoms with Gasteiger partial charge in [0, 0.05) is 39.6 Å². The fourth-order valence-corrected chi connectivity index (χ4v) is 1.97. The van der Waals surface area contributed by atoms with Crippen LogP contribution in [-0.2, 0) is 0 Å². The van der Waals surface area contributed by atoms with Crippen molar-refractivity contribution in [1.29, 1.82) is 0 Å². The van der Waals surface area contributed by atoms with E-state index in [1.165, 1.54) is 0 Å². The smallest absolute Gasteiger partial charge is 0.0465 e. The SMILES string of the molecule is Clc1ccc2[nH]c(-c3ccncc3)cc2c1. The van der Waals surface area contributed by atoms with Gasteiger partial charge in [0.25, 0.3) is 0 Å². The van der Waals surface area contributed by atoms with E-state index in [0.717, 1.165) is 27.2 Å². The molecule has 1 aromatic carbocycles. The minimum Gasteiger partial charge on any atom is -0.355 e. The molecule has 0 bridgehead atoms. The van der Waals surface area contributed by atoms with E-state index in [1.54, 1.807) is 12.4 Å². The Hall–Kier alpha value is -1.80. The van der Waals surface area contributed by atoms with Crippen molar-refractivity contribution in [2.24, 2.45) is 0 Å². The Labute approximate surface area is 97.9 Å². The number of hydrogen-bond acceptors (Lipinski definition) is 1. The molecule has 0 spiro atoms. The highest BCUT2D eigenvalue weighted by molar-refractivity contribution is 6.31. The molecule has 0 aliphatic heterocycles. The Kier molecular flexibility index (Phi) is 2.15. The minimum absolute atomic E-state index is 0.757. The van der Waals surface area contributed by atoms with Gasteiger partial charge in [0.1, 0.15) is 0 Å². The second kappa shape index (κ2) is 3.65. The van der Waals surface area contributed by atoms with Crippen molar-refractivity contribution >= 4 is 22.5 Å². The van der Waals surface area contributed by atoms with Crippen LogP contribution in [0.5, 0.6) is 0 Å². The number of benzene rings is 1. The predicted octanol–water partition coefficient (Wildman–Crippen LogP) is 3.88. The van der Waals surface area contributed by atoms with Crippen LogP contribution >= 0.6 is 11.6 Å². The summed E-state index contributed by atoms with van der Waals surface area (Å²) in [5, 5.41) is 1.88. The normalized spacial score (nSPS) is 10.8. The van der Waals surface area contributed by atoms with Gasteiger partial charge in [-0.2, -0.15) is 0 Å². The van der Waals surface area contributed by atoms with E-state index in [2.05, 4.69) is 16.0 Å². The highest BCUT2D eigenvalue weighted by Crippen LogP contribution is 2.25. The first-order valence-corrected chi connectivity index (χ1v) is 5.39. The Balaban J connectivity index is 2.19. The van der Waals surface area contributed by atoms with Gasteiger partial charge in [-0.25, -0.2) is 0 Å². The van der Waals surface area contributed by atoms with Gasteiger partial charge in [0.2, 0.25) is 0 Å². The average molecular weight is 229 g/mol. The molecule has 0 saturated carbocycles. The first-order valence-electron chi connectivity index (χ1n) is 5.01. The average Bonchev–Trinajstić information content (AvgIpc) is 2.73. The van der Waals surface area contributed by atoms with Crippen molar-refractivity contribution in [1.82, 2.24) is 9.97 Å². The van der Waals surface area contributed by atoms with Crippen LogP contribution in [0.2, 0.25) is 5.02 Å². The van der Waals surface area contributed by atoms with Crippen molar-refractivity contribution < 1.29 is 0 Å². The number of fused-ring (bicyclic) bond motifs is 1. The van der Waals surface area contributed by atoms with Crippen molar-refractivity contribution in [2.45, 2.75) is 0 Å². The quantitative estimate of drug-likeness (QED) is 0.673. The minimum atomic E-state index is 0.757. The van der Waals surface area contributed by atoms with Gasteiger partial charge in [0.15, 0.2) is 0 Å². The molecule has 0 radical (unpaired) electrons. The van der Waals surface area contributed by atoms with Crippen LogP contribution in [0.3, 0.4) is 0 Å². The lowest BCUT2D eigenvalue weighted by Crippen LogP contribution is -1.76. The maximum atomic E-state index is 5.95. The third-order valence-corrected chi connectivity index (χ3v) is 2.81. The molecular weight excluding hydrogens is 220 g/mol. The number of halogens is 1. The molecule has 3 rings (SSSR count). The monoisotopic (exact) mass is 228 g/mol. The molecule has 78 valence electrons. The van der Waals surface area contributed by atoms with Crippen LogP contribution in [-0.4, -0.2) is 9.97 Å². The van der Waals surface area contributed by atoms with Crippen LogP contribution in [0.1, 0.15) is 0 Å². The third-order valence-electron chi connectivity index (χ3n) is 2.57. The van der Waals surface area contributed by atoms with E-state index in [1.807, 2.05) is 30.3 Å². The summed E-state index contributed by atoms with van der Waals surface area (Å²) in [6, 6.07) is 11.9. The summed E-state index contributed by atoms with van der Waals surface area (Å²) in [6.45, 7) is 0. The molecule has 3 aromatic rings. The highest BCUT2D eigenvalue weighted by Gasteiger charge is 2.02. The number of H-pyrrole nitrogens is 1. The van der Waals surface area contributed by atoms with Crippen molar-refractivity contribution in [2.75, 3.05) is 0 Å². The van der Waals surface area contributed by atoms with Gasteiger partial charge >= 0.3 is 0 Å². The number of aromatic amines is 1. The zero-order chi connectivity index (χ0) is 11.0. The van der Waals surface area contributed by atoms with Gasteiger partial charge in [-0.3, -0.25) is 4.98 Å². The van der Waals surface area contributed by atoms with Crippen molar-refractivity contribution in [3.8, 4) is 11.3 Å². The molecule has 0 amide bonds. The maximum Gasteiger partial charge on any atom is 0.0465 e. The Morgan fingerprint density at radius 1 is 1.00 bits per heavy atom. The van der Waals surface area contributed by atoms with Crippen LogP contribution in [0.15, 0.2) is 48.8 Å². The summed E-state index contributed by atoms with van der Waals surface area (Å²) < 4.78 is 0. The van der Waals surface area contributed by atoms with Gasteiger partial charge < -0.3 is 4.98 Å². The second-order valence-electron chi connectivity index (χ2n) is 3.65.